The zero-order chi connectivity index (χ0) is 14.1. The Bertz CT molecular complexity index is 674. The smallest absolute Gasteiger partial charge is 0.143 e. The molecule has 2 heterocycles. The van der Waals surface area contributed by atoms with Gasteiger partial charge in [-0.25, -0.2) is 9.37 Å². The van der Waals surface area contributed by atoms with Gasteiger partial charge in [0.1, 0.15) is 17.4 Å². The van der Waals surface area contributed by atoms with Crippen LogP contribution < -0.4 is 4.90 Å². The van der Waals surface area contributed by atoms with Crippen LogP contribution in [0.15, 0.2) is 23.6 Å². The summed E-state index contributed by atoms with van der Waals surface area (Å²) in [5, 5.41) is 12.3. The average molecular weight is 287 g/mol. The molecule has 20 heavy (non-hydrogen) atoms. The third-order valence-corrected chi connectivity index (χ3v) is 4.44. The fourth-order valence-corrected chi connectivity index (χ4v) is 3.42. The highest BCUT2D eigenvalue weighted by atomic mass is 32.1. The maximum atomic E-state index is 13.8. The van der Waals surface area contributed by atoms with Gasteiger partial charge in [-0.2, -0.15) is 5.26 Å². The van der Waals surface area contributed by atoms with Crippen molar-refractivity contribution in [3.8, 4) is 6.07 Å². The minimum atomic E-state index is -0.454. The molecule has 1 saturated heterocycles. The van der Waals surface area contributed by atoms with Crippen LogP contribution in [0.25, 0.3) is 0 Å². The highest BCUT2D eigenvalue weighted by Gasteiger charge is 2.30. The van der Waals surface area contributed by atoms with Gasteiger partial charge in [0.15, 0.2) is 0 Å². The van der Waals surface area contributed by atoms with Crippen molar-refractivity contribution in [3.05, 3.63) is 45.7 Å². The summed E-state index contributed by atoms with van der Waals surface area (Å²) in [6.07, 6.45) is 2.02. The Morgan fingerprint density at radius 3 is 3.05 bits per heavy atom. The average Bonchev–Trinajstić information content (AvgIpc) is 3.06. The van der Waals surface area contributed by atoms with Crippen molar-refractivity contribution in [3.63, 3.8) is 0 Å². The fraction of sp³-hybridized carbons (Fsp3) is 0.333. The number of aryl methyl sites for hydroxylation is 1. The Hall–Kier alpha value is -1.93. The molecule has 1 aliphatic heterocycles. The number of thiazole rings is 1. The van der Waals surface area contributed by atoms with E-state index in [0.717, 1.165) is 30.1 Å². The molecule has 3 nitrogen and oxygen atoms in total. The normalized spacial score (nSPS) is 18.2. The van der Waals surface area contributed by atoms with E-state index in [2.05, 4.69) is 15.3 Å². The monoisotopic (exact) mass is 287 g/mol. The van der Waals surface area contributed by atoms with Crippen LogP contribution in [0.5, 0.6) is 0 Å². The predicted octanol–water partition coefficient (Wildman–Crippen LogP) is 3.80. The van der Waals surface area contributed by atoms with Crippen LogP contribution in [-0.2, 0) is 0 Å². The van der Waals surface area contributed by atoms with Crippen LogP contribution in [0.3, 0.4) is 0 Å². The Balaban J connectivity index is 2.01. The van der Waals surface area contributed by atoms with E-state index in [1.54, 1.807) is 17.4 Å². The van der Waals surface area contributed by atoms with E-state index in [1.165, 1.54) is 6.07 Å². The lowest BCUT2D eigenvalue weighted by Gasteiger charge is -2.26. The lowest BCUT2D eigenvalue weighted by Crippen LogP contribution is -2.24. The third-order valence-electron chi connectivity index (χ3n) is 3.64. The van der Waals surface area contributed by atoms with Crippen LogP contribution in [0.4, 0.5) is 10.1 Å². The maximum Gasteiger partial charge on any atom is 0.143 e. The summed E-state index contributed by atoms with van der Waals surface area (Å²) in [5.41, 5.74) is 1.84. The summed E-state index contributed by atoms with van der Waals surface area (Å²) in [7, 11) is 0. The van der Waals surface area contributed by atoms with Crippen LogP contribution in [-0.4, -0.2) is 11.5 Å². The van der Waals surface area contributed by atoms with Crippen molar-refractivity contribution in [1.29, 1.82) is 5.26 Å². The van der Waals surface area contributed by atoms with E-state index in [9.17, 15) is 9.65 Å². The van der Waals surface area contributed by atoms with Gasteiger partial charge >= 0.3 is 0 Å². The summed E-state index contributed by atoms with van der Waals surface area (Å²) in [4.78, 5) is 6.65. The Morgan fingerprint density at radius 1 is 1.50 bits per heavy atom. The molecule has 0 N–H and O–H groups in total. The molecule has 1 aromatic carbocycles. The lowest BCUT2D eigenvalue weighted by molar-refractivity contribution is 0.620. The largest absolute Gasteiger partial charge is 0.362 e. The first kappa shape index (κ1) is 13.1. The predicted molar refractivity (Wildman–Crippen MR) is 77.3 cm³/mol. The second-order valence-electron chi connectivity index (χ2n) is 4.89. The van der Waals surface area contributed by atoms with E-state index in [4.69, 9.17) is 0 Å². The number of anilines is 1. The summed E-state index contributed by atoms with van der Waals surface area (Å²) in [5.74, 6) is -0.454. The van der Waals surface area contributed by atoms with Gasteiger partial charge in [-0.1, -0.05) is 6.07 Å². The van der Waals surface area contributed by atoms with Crippen molar-refractivity contribution in [1.82, 2.24) is 4.98 Å². The highest BCUT2D eigenvalue weighted by molar-refractivity contribution is 7.09. The van der Waals surface area contributed by atoms with Gasteiger partial charge in [0.2, 0.25) is 0 Å². The molecular formula is C15H14FN3S. The first-order valence-corrected chi connectivity index (χ1v) is 7.46. The summed E-state index contributed by atoms with van der Waals surface area (Å²) in [6.45, 7) is 2.82. The first-order valence-electron chi connectivity index (χ1n) is 6.58. The van der Waals surface area contributed by atoms with Gasteiger partial charge in [0, 0.05) is 11.9 Å². The second kappa shape index (κ2) is 5.22. The van der Waals surface area contributed by atoms with Crippen molar-refractivity contribution in [2.45, 2.75) is 25.8 Å². The summed E-state index contributed by atoms with van der Waals surface area (Å²) in [6, 6.07) is 6.94. The van der Waals surface area contributed by atoms with E-state index < -0.39 is 5.82 Å². The Morgan fingerprint density at radius 2 is 2.35 bits per heavy atom. The van der Waals surface area contributed by atoms with Gasteiger partial charge in [-0.15, -0.1) is 11.3 Å². The fourth-order valence-electron chi connectivity index (χ4n) is 2.76. The third kappa shape index (κ3) is 2.16. The van der Waals surface area contributed by atoms with Gasteiger partial charge in [-0.05, 0) is 31.9 Å². The lowest BCUT2D eigenvalue weighted by atomic mass is 10.1. The van der Waals surface area contributed by atoms with Crippen molar-refractivity contribution < 1.29 is 4.39 Å². The molecule has 102 valence electrons. The molecule has 0 saturated carbocycles. The Kier molecular flexibility index (Phi) is 3.41. The minimum absolute atomic E-state index is 0.131. The summed E-state index contributed by atoms with van der Waals surface area (Å²) < 4.78 is 13.8. The van der Waals surface area contributed by atoms with Gasteiger partial charge in [-0.3, -0.25) is 0 Å². The standard InChI is InChI=1S/C15H14FN3S/c1-10-18-13(9-20-10)15-6-3-7-19(15)14-5-2-4-12(16)11(14)8-17/h2,4-5,9,15H,3,6-7H2,1H3. The van der Waals surface area contributed by atoms with E-state index in [0.29, 0.717) is 5.69 Å². The molecule has 2 aromatic rings. The zero-order valence-electron chi connectivity index (χ0n) is 11.1. The molecule has 0 radical (unpaired) electrons. The molecule has 1 aromatic heterocycles. The number of halogens is 1. The Labute approximate surface area is 121 Å². The van der Waals surface area contributed by atoms with Crippen molar-refractivity contribution in [2.24, 2.45) is 0 Å². The highest BCUT2D eigenvalue weighted by Crippen LogP contribution is 2.38. The SMILES string of the molecule is Cc1nc(C2CCCN2c2cccc(F)c2C#N)cs1. The van der Waals surface area contributed by atoms with Gasteiger partial charge in [0.05, 0.1) is 22.4 Å². The quantitative estimate of drug-likeness (QED) is 0.843. The molecule has 1 unspecified atom stereocenters. The number of nitrogens with zero attached hydrogens (tertiary/aromatic N) is 3. The molecule has 3 rings (SSSR count). The van der Waals surface area contributed by atoms with Crippen molar-refractivity contribution >= 4 is 17.0 Å². The molecule has 0 aliphatic carbocycles. The molecule has 0 amide bonds. The van der Waals surface area contributed by atoms with Crippen LogP contribution in [0, 0.1) is 24.1 Å². The van der Waals surface area contributed by atoms with E-state index in [1.807, 2.05) is 19.1 Å². The first-order chi connectivity index (χ1) is 9.70. The second-order valence-corrected chi connectivity index (χ2v) is 5.95. The van der Waals surface area contributed by atoms with Gasteiger partial charge in [0.25, 0.3) is 0 Å². The van der Waals surface area contributed by atoms with E-state index >= 15 is 0 Å². The number of hydrogen-bond donors (Lipinski definition) is 0. The van der Waals surface area contributed by atoms with Gasteiger partial charge < -0.3 is 4.90 Å². The maximum absolute atomic E-state index is 13.8. The zero-order valence-corrected chi connectivity index (χ0v) is 12.0. The number of aromatic nitrogens is 1. The van der Waals surface area contributed by atoms with Crippen LogP contribution in [0.1, 0.15) is 35.1 Å². The van der Waals surface area contributed by atoms with Crippen molar-refractivity contribution in [2.75, 3.05) is 11.4 Å². The number of rotatable bonds is 2. The molecule has 1 atom stereocenters. The van der Waals surface area contributed by atoms with E-state index in [-0.39, 0.29) is 11.6 Å². The van der Waals surface area contributed by atoms with Crippen LogP contribution in [0.2, 0.25) is 0 Å². The molecule has 1 aliphatic rings. The number of benzene rings is 1. The number of nitriles is 1. The molecular weight excluding hydrogens is 273 g/mol. The molecule has 1 fully saturated rings. The number of hydrogen-bond acceptors (Lipinski definition) is 4. The van der Waals surface area contributed by atoms with Crippen LogP contribution >= 0.6 is 11.3 Å². The topological polar surface area (TPSA) is 39.9 Å². The summed E-state index contributed by atoms with van der Waals surface area (Å²) >= 11 is 1.62. The molecule has 0 spiro atoms. The molecule has 0 bridgehead atoms. The molecule has 5 heteroatoms. The minimum Gasteiger partial charge on any atom is -0.362 e.